The van der Waals surface area contributed by atoms with Gasteiger partial charge in [0.2, 0.25) is 0 Å². The molecular formula is C11H16N2O4. The summed E-state index contributed by atoms with van der Waals surface area (Å²) < 4.78 is 0. The van der Waals surface area contributed by atoms with Crippen LogP contribution in [-0.4, -0.2) is 22.5 Å². The van der Waals surface area contributed by atoms with Crippen molar-refractivity contribution in [3.8, 4) is 0 Å². The van der Waals surface area contributed by atoms with E-state index in [0.29, 0.717) is 5.92 Å². The fourth-order valence-corrected chi connectivity index (χ4v) is 0.753. The molecule has 0 spiro atoms. The molecule has 0 radical (unpaired) electrons. The molecule has 6 heteroatoms. The number of nitrogens with two attached hydrogens (primary N) is 1. The second-order valence-corrected chi connectivity index (χ2v) is 3.74. The van der Waals surface area contributed by atoms with Gasteiger partial charge in [0, 0.05) is 12.1 Å². The van der Waals surface area contributed by atoms with Crippen LogP contribution in [0.25, 0.3) is 0 Å². The summed E-state index contributed by atoms with van der Waals surface area (Å²) in [5.41, 5.74) is 4.88. The van der Waals surface area contributed by atoms with Crippen LogP contribution in [0.2, 0.25) is 0 Å². The van der Waals surface area contributed by atoms with E-state index in [0.717, 1.165) is 12.6 Å². The Morgan fingerprint density at radius 3 is 2.41 bits per heavy atom. The fraction of sp³-hybridized carbons (Fsp3) is 0.364. The van der Waals surface area contributed by atoms with Crippen molar-refractivity contribution in [2.24, 2.45) is 11.7 Å². The predicted octanol–water partition coefficient (Wildman–Crippen LogP) is 1.89. The van der Waals surface area contributed by atoms with E-state index in [1.807, 2.05) is 0 Å². The Morgan fingerprint density at radius 2 is 2.06 bits per heavy atom. The highest BCUT2D eigenvalue weighted by Gasteiger charge is 2.09. The zero-order valence-corrected chi connectivity index (χ0v) is 9.79. The summed E-state index contributed by atoms with van der Waals surface area (Å²) in [7, 11) is 0. The lowest BCUT2D eigenvalue weighted by Crippen LogP contribution is -2.05. The van der Waals surface area contributed by atoms with Gasteiger partial charge in [0.1, 0.15) is 0 Å². The lowest BCUT2D eigenvalue weighted by Gasteiger charge is -1.92. The van der Waals surface area contributed by atoms with Gasteiger partial charge in [0.25, 0.3) is 5.69 Å². The third-order valence-corrected chi connectivity index (χ3v) is 1.78. The van der Waals surface area contributed by atoms with Gasteiger partial charge in [-0.2, -0.15) is 0 Å². The molecule has 0 aliphatic rings. The molecule has 6 nitrogen and oxygen atoms in total. The van der Waals surface area contributed by atoms with Crippen LogP contribution in [0.3, 0.4) is 0 Å². The number of nitrogens with zero attached hydrogens (tertiary/aromatic N) is 1. The van der Waals surface area contributed by atoms with Crippen molar-refractivity contribution in [3.05, 3.63) is 39.9 Å². The second kappa shape index (κ2) is 7.34. The topological polar surface area (TPSA) is 106 Å². The van der Waals surface area contributed by atoms with Crippen LogP contribution in [0, 0.1) is 16.0 Å². The SMILES string of the molecule is CC(C)CN.O=C(O)c1cccc([N+](=O)[O-])c1. The van der Waals surface area contributed by atoms with Gasteiger partial charge in [-0.15, -0.1) is 0 Å². The van der Waals surface area contributed by atoms with Gasteiger partial charge in [-0.1, -0.05) is 19.9 Å². The van der Waals surface area contributed by atoms with Crippen LogP contribution in [0.5, 0.6) is 0 Å². The summed E-state index contributed by atoms with van der Waals surface area (Å²) in [6, 6.07) is 4.89. The van der Waals surface area contributed by atoms with E-state index in [1.165, 1.54) is 18.2 Å². The van der Waals surface area contributed by atoms with E-state index in [4.69, 9.17) is 10.8 Å². The first kappa shape index (κ1) is 15.0. The van der Waals surface area contributed by atoms with Crippen molar-refractivity contribution in [2.75, 3.05) is 6.54 Å². The minimum absolute atomic E-state index is 0.0794. The Labute approximate surface area is 99.2 Å². The van der Waals surface area contributed by atoms with Crippen LogP contribution in [-0.2, 0) is 0 Å². The van der Waals surface area contributed by atoms with Crippen molar-refractivity contribution in [1.29, 1.82) is 0 Å². The molecule has 1 rings (SSSR count). The Bertz CT molecular complexity index is 362. The minimum atomic E-state index is -1.17. The maximum Gasteiger partial charge on any atom is 0.335 e. The largest absolute Gasteiger partial charge is 0.478 e. The van der Waals surface area contributed by atoms with Gasteiger partial charge in [0.05, 0.1) is 10.5 Å². The highest BCUT2D eigenvalue weighted by Crippen LogP contribution is 2.12. The number of nitro groups is 1. The molecule has 1 aromatic rings. The molecule has 0 aliphatic heterocycles. The van der Waals surface area contributed by atoms with E-state index in [2.05, 4.69) is 13.8 Å². The zero-order valence-electron chi connectivity index (χ0n) is 9.79. The molecule has 0 heterocycles. The summed E-state index contributed by atoms with van der Waals surface area (Å²) in [5, 5.41) is 18.7. The molecule has 94 valence electrons. The molecule has 0 bridgehead atoms. The number of carboxylic acids is 1. The number of aromatic carboxylic acids is 1. The lowest BCUT2D eigenvalue weighted by molar-refractivity contribution is -0.384. The van der Waals surface area contributed by atoms with Gasteiger partial charge >= 0.3 is 5.97 Å². The molecule has 1 aromatic carbocycles. The van der Waals surface area contributed by atoms with Crippen LogP contribution < -0.4 is 5.73 Å². The van der Waals surface area contributed by atoms with E-state index < -0.39 is 10.9 Å². The molecule has 0 fully saturated rings. The lowest BCUT2D eigenvalue weighted by atomic mass is 10.2. The number of nitro benzene ring substituents is 1. The van der Waals surface area contributed by atoms with Crippen LogP contribution in [0.1, 0.15) is 24.2 Å². The average Bonchev–Trinajstić information content (AvgIpc) is 2.29. The van der Waals surface area contributed by atoms with Gasteiger partial charge < -0.3 is 10.8 Å². The molecule has 0 unspecified atom stereocenters. The summed E-state index contributed by atoms with van der Waals surface area (Å²) >= 11 is 0. The molecule has 0 amide bonds. The van der Waals surface area contributed by atoms with Gasteiger partial charge in [-0.3, -0.25) is 10.1 Å². The van der Waals surface area contributed by atoms with Crippen LogP contribution >= 0.6 is 0 Å². The Balaban J connectivity index is 0.000000437. The Morgan fingerprint density at radius 1 is 1.53 bits per heavy atom. The second-order valence-electron chi connectivity index (χ2n) is 3.74. The molecule has 0 aromatic heterocycles. The zero-order chi connectivity index (χ0) is 13.4. The van der Waals surface area contributed by atoms with E-state index in [-0.39, 0.29) is 11.3 Å². The van der Waals surface area contributed by atoms with Gasteiger partial charge in [-0.05, 0) is 18.5 Å². The summed E-state index contributed by atoms with van der Waals surface area (Å²) in [6.45, 7) is 5.00. The van der Waals surface area contributed by atoms with Crippen molar-refractivity contribution in [1.82, 2.24) is 0 Å². The molecule has 17 heavy (non-hydrogen) atoms. The summed E-state index contributed by atoms with van der Waals surface area (Å²) in [4.78, 5) is 19.9. The molecular weight excluding hydrogens is 224 g/mol. The predicted molar refractivity (Wildman–Crippen MR) is 63.9 cm³/mol. The maximum atomic E-state index is 10.4. The van der Waals surface area contributed by atoms with Gasteiger partial charge in [-0.25, -0.2) is 4.79 Å². The molecule has 0 saturated carbocycles. The number of benzene rings is 1. The van der Waals surface area contributed by atoms with E-state index >= 15 is 0 Å². The first-order valence-corrected chi connectivity index (χ1v) is 5.06. The van der Waals surface area contributed by atoms with Crippen molar-refractivity contribution in [3.63, 3.8) is 0 Å². The number of carboxylic acid groups (broad SMARTS) is 1. The summed E-state index contributed by atoms with van der Waals surface area (Å²) in [5.74, 6) is -0.506. The first-order chi connectivity index (χ1) is 7.88. The van der Waals surface area contributed by atoms with Crippen LogP contribution in [0.15, 0.2) is 24.3 Å². The molecule has 3 N–H and O–H groups in total. The van der Waals surface area contributed by atoms with E-state index in [9.17, 15) is 14.9 Å². The monoisotopic (exact) mass is 240 g/mol. The average molecular weight is 240 g/mol. The smallest absolute Gasteiger partial charge is 0.335 e. The number of non-ortho nitro benzene ring substituents is 1. The summed E-state index contributed by atoms with van der Waals surface area (Å²) in [6.07, 6.45) is 0. The highest BCUT2D eigenvalue weighted by molar-refractivity contribution is 5.88. The third kappa shape index (κ3) is 6.26. The number of carbonyl (C=O) groups is 1. The van der Waals surface area contributed by atoms with Gasteiger partial charge in [0.15, 0.2) is 0 Å². The van der Waals surface area contributed by atoms with Crippen molar-refractivity contribution in [2.45, 2.75) is 13.8 Å². The Kier molecular flexibility index (Phi) is 6.50. The standard InChI is InChI=1S/C7H5NO4.C4H11N/c9-7(10)5-2-1-3-6(4-5)8(11)12;1-4(2)3-5/h1-4H,(H,9,10);4H,3,5H2,1-2H3. The molecule has 0 atom stereocenters. The maximum absolute atomic E-state index is 10.4. The fourth-order valence-electron chi connectivity index (χ4n) is 0.753. The van der Waals surface area contributed by atoms with Crippen molar-refractivity contribution < 1.29 is 14.8 Å². The first-order valence-electron chi connectivity index (χ1n) is 5.06. The van der Waals surface area contributed by atoms with E-state index in [1.54, 1.807) is 0 Å². The Hall–Kier alpha value is -1.95. The third-order valence-electron chi connectivity index (χ3n) is 1.78. The quantitative estimate of drug-likeness (QED) is 0.619. The number of rotatable bonds is 3. The normalized spacial score (nSPS) is 9.41. The molecule has 0 saturated heterocycles. The number of hydrogen-bond acceptors (Lipinski definition) is 4. The van der Waals surface area contributed by atoms with Crippen LogP contribution in [0.4, 0.5) is 5.69 Å². The number of hydrogen-bond donors (Lipinski definition) is 2. The molecule has 0 aliphatic carbocycles. The van der Waals surface area contributed by atoms with Crippen molar-refractivity contribution >= 4 is 11.7 Å². The highest BCUT2D eigenvalue weighted by atomic mass is 16.6. The minimum Gasteiger partial charge on any atom is -0.478 e.